The molecular formula is C12H12ClN5. The van der Waals surface area contributed by atoms with Gasteiger partial charge >= 0.3 is 0 Å². The molecule has 0 unspecified atom stereocenters. The minimum atomic E-state index is 0.358. The smallest absolute Gasteiger partial charge is 0.146 e. The molecule has 5 nitrogen and oxygen atoms in total. The highest BCUT2D eigenvalue weighted by molar-refractivity contribution is 6.34. The van der Waals surface area contributed by atoms with Crippen molar-refractivity contribution in [1.82, 2.24) is 14.8 Å². The minimum Gasteiger partial charge on any atom is -0.367 e. The predicted octanol–water partition coefficient (Wildman–Crippen LogP) is 2.22. The summed E-state index contributed by atoms with van der Waals surface area (Å²) in [7, 11) is 0. The molecule has 6 heteroatoms. The second-order valence-electron chi connectivity index (χ2n) is 3.84. The van der Waals surface area contributed by atoms with Gasteiger partial charge in [-0.05, 0) is 18.6 Å². The predicted molar refractivity (Wildman–Crippen MR) is 69.4 cm³/mol. The van der Waals surface area contributed by atoms with E-state index in [-0.39, 0.29) is 0 Å². The van der Waals surface area contributed by atoms with Crippen molar-refractivity contribution < 1.29 is 0 Å². The topological polar surface area (TPSA) is 66.5 Å². The van der Waals surface area contributed by atoms with Gasteiger partial charge in [-0.1, -0.05) is 11.6 Å². The van der Waals surface area contributed by atoms with Crippen molar-refractivity contribution in [2.45, 2.75) is 13.5 Å². The number of rotatable bonds is 4. The van der Waals surface area contributed by atoms with Gasteiger partial charge in [-0.3, -0.25) is 4.68 Å². The molecule has 0 saturated heterocycles. The summed E-state index contributed by atoms with van der Waals surface area (Å²) >= 11 is 6.02. The van der Waals surface area contributed by atoms with Crippen LogP contribution in [0.3, 0.4) is 0 Å². The van der Waals surface area contributed by atoms with Gasteiger partial charge in [0.2, 0.25) is 0 Å². The van der Waals surface area contributed by atoms with Gasteiger partial charge in [-0.25, -0.2) is 4.98 Å². The van der Waals surface area contributed by atoms with Gasteiger partial charge in [0, 0.05) is 18.9 Å². The van der Waals surface area contributed by atoms with E-state index in [1.165, 1.54) is 0 Å². The normalized spacial score (nSPS) is 10.1. The quantitative estimate of drug-likeness (QED) is 0.916. The first-order chi connectivity index (χ1) is 8.70. The summed E-state index contributed by atoms with van der Waals surface area (Å²) in [4.78, 5) is 4.10. The fourth-order valence-electron chi connectivity index (χ4n) is 1.53. The lowest BCUT2D eigenvalue weighted by atomic mass is 10.3. The van der Waals surface area contributed by atoms with Crippen LogP contribution in [0.4, 0.5) is 5.82 Å². The molecule has 0 saturated carbocycles. The van der Waals surface area contributed by atoms with Crippen molar-refractivity contribution in [1.29, 1.82) is 5.26 Å². The molecule has 0 spiro atoms. The molecule has 0 fully saturated rings. The van der Waals surface area contributed by atoms with Gasteiger partial charge in [0.25, 0.3) is 0 Å². The van der Waals surface area contributed by atoms with Crippen LogP contribution >= 0.6 is 11.6 Å². The Labute approximate surface area is 110 Å². The van der Waals surface area contributed by atoms with Crippen molar-refractivity contribution in [3.63, 3.8) is 0 Å². The van der Waals surface area contributed by atoms with Gasteiger partial charge in [0.05, 0.1) is 18.3 Å². The third-order valence-corrected chi connectivity index (χ3v) is 2.79. The molecule has 2 heterocycles. The Morgan fingerprint density at radius 1 is 1.56 bits per heavy atom. The van der Waals surface area contributed by atoms with Crippen LogP contribution in [0.25, 0.3) is 0 Å². The molecule has 0 amide bonds. The number of pyridine rings is 1. The van der Waals surface area contributed by atoms with Crippen LogP contribution in [-0.4, -0.2) is 21.3 Å². The molecule has 2 aromatic heterocycles. The Kier molecular flexibility index (Phi) is 3.80. The SMILES string of the molecule is Cc1cnn(CCNc2nccc(C#N)c2Cl)c1. The molecule has 0 aliphatic heterocycles. The molecule has 0 bridgehead atoms. The molecule has 0 radical (unpaired) electrons. The molecule has 92 valence electrons. The lowest BCUT2D eigenvalue weighted by molar-refractivity contribution is 0.637. The zero-order chi connectivity index (χ0) is 13.0. The van der Waals surface area contributed by atoms with Crippen LogP contribution in [0.5, 0.6) is 0 Å². The molecule has 0 aromatic carbocycles. The van der Waals surface area contributed by atoms with Crippen molar-refractivity contribution in [2.75, 3.05) is 11.9 Å². The van der Waals surface area contributed by atoms with E-state index in [0.29, 0.717) is 29.5 Å². The van der Waals surface area contributed by atoms with Crippen molar-refractivity contribution in [3.05, 3.63) is 40.8 Å². The van der Waals surface area contributed by atoms with Crippen LogP contribution in [0, 0.1) is 18.3 Å². The summed E-state index contributed by atoms with van der Waals surface area (Å²) in [6, 6.07) is 3.61. The fourth-order valence-corrected chi connectivity index (χ4v) is 1.75. The summed E-state index contributed by atoms with van der Waals surface area (Å²) in [6.07, 6.45) is 5.33. The zero-order valence-electron chi connectivity index (χ0n) is 9.89. The Balaban J connectivity index is 1.97. The van der Waals surface area contributed by atoms with Gasteiger partial charge in [0.15, 0.2) is 0 Å². The molecule has 2 aromatic rings. The van der Waals surface area contributed by atoms with Gasteiger partial charge in [-0.2, -0.15) is 10.4 Å². The highest BCUT2D eigenvalue weighted by Gasteiger charge is 2.06. The maximum Gasteiger partial charge on any atom is 0.146 e. The van der Waals surface area contributed by atoms with E-state index in [1.54, 1.807) is 12.3 Å². The van der Waals surface area contributed by atoms with E-state index in [2.05, 4.69) is 15.4 Å². The first kappa shape index (κ1) is 12.4. The molecule has 0 atom stereocenters. The summed E-state index contributed by atoms with van der Waals surface area (Å²) in [5, 5.41) is 16.5. The van der Waals surface area contributed by atoms with Crippen molar-refractivity contribution in [2.24, 2.45) is 0 Å². The summed E-state index contributed by atoms with van der Waals surface area (Å²) in [5.74, 6) is 0.527. The van der Waals surface area contributed by atoms with Gasteiger partial charge in [0.1, 0.15) is 16.9 Å². The van der Waals surface area contributed by atoms with E-state index in [0.717, 1.165) is 5.56 Å². The molecular weight excluding hydrogens is 250 g/mol. The Morgan fingerprint density at radius 3 is 3.06 bits per heavy atom. The number of aromatic nitrogens is 3. The first-order valence-corrected chi connectivity index (χ1v) is 5.86. The third kappa shape index (κ3) is 2.79. The van der Waals surface area contributed by atoms with E-state index in [9.17, 15) is 0 Å². The highest BCUT2D eigenvalue weighted by atomic mass is 35.5. The van der Waals surface area contributed by atoms with Crippen LogP contribution in [0.15, 0.2) is 24.7 Å². The fraction of sp³-hybridized carbons (Fsp3) is 0.250. The maximum absolute atomic E-state index is 8.84. The van der Waals surface area contributed by atoms with Crippen LogP contribution in [0.2, 0.25) is 5.02 Å². The van der Waals surface area contributed by atoms with E-state index >= 15 is 0 Å². The minimum absolute atomic E-state index is 0.358. The summed E-state index contributed by atoms with van der Waals surface area (Å²) < 4.78 is 1.84. The Hall–Kier alpha value is -2.06. The second kappa shape index (κ2) is 5.52. The number of nitriles is 1. The third-order valence-electron chi connectivity index (χ3n) is 2.41. The summed E-state index contributed by atoms with van der Waals surface area (Å²) in [6.45, 7) is 3.34. The second-order valence-corrected chi connectivity index (χ2v) is 4.22. The lowest BCUT2D eigenvalue weighted by Gasteiger charge is -2.07. The average molecular weight is 262 g/mol. The number of halogens is 1. The molecule has 2 rings (SSSR count). The van der Waals surface area contributed by atoms with Crippen LogP contribution < -0.4 is 5.32 Å². The number of hydrogen-bond donors (Lipinski definition) is 1. The van der Waals surface area contributed by atoms with E-state index < -0.39 is 0 Å². The maximum atomic E-state index is 8.84. The number of nitrogens with zero attached hydrogens (tertiary/aromatic N) is 4. The number of nitrogens with one attached hydrogen (secondary N) is 1. The van der Waals surface area contributed by atoms with Crippen LogP contribution in [-0.2, 0) is 6.54 Å². The number of aryl methyl sites for hydroxylation is 1. The van der Waals surface area contributed by atoms with E-state index in [1.807, 2.05) is 30.1 Å². The van der Waals surface area contributed by atoms with Crippen molar-refractivity contribution >= 4 is 17.4 Å². The van der Waals surface area contributed by atoms with Gasteiger partial charge in [-0.15, -0.1) is 0 Å². The molecule has 0 aliphatic carbocycles. The highest BCUT2D eigenvalue weighted by Crippen LogP contribution is 2.22. The zero-order valence-corrected chi connectivity index (χ0v) is 10.6. The Bertz CT molecular complexity index is 584. The van der Waals surface area contributed by atoms with Crippen molar-refractivity contribution in [3.8, 4) is 6.07 Å². The monoisotopic (exact) mass is 261 g/mol. The standard InChI is InChI=1S/C12H12ClN5/c1-9-7-17-18(8-9)5-4-16-12-11(13)10(6-14)2-3-15-12/h2-3,7-8H,4-5H2,1H3,(H,15,16). The van der Waals surface area contributed by atoms with Gasteiger partial charge < -0.3 is 5.32 Å². The number of anilines is 1. The summed E-state index contributed by atoms with van der Waals surface area (Å²) in [5.41, 5.74) is 1.54. The Morgan fingerprint density at radius 2 is 2.39 bits per heavy atom. The van der Waals surface area contributed by atoms with E-state index in [4.69, 9.17) is 16.9 Å². The van der Waals surface area contributed by atoms with Crippen LogP contribution in [0.1, 0.15) is 11.1 Å². The average Bonchev–Trinajstić information content (AvgIpc) is 2.77. The molecule has 1 N–H and O–H groups in total. The number of hydrogen-bond acceptors (Lipinski definition) is 4. The largest absolute Gasteiger partial charge is 0.367 e. The molecule has 0 aliphatic rings. The first-order valence-electron chi connectivity index (χ1n) is 5.48. The lowest BCUT2D eigenvalue weighted by Crippen LogP contribution is -2.12. The molecule has 18 heavy (non-hydrogen) atoms.